The van der Waals surface area contributed by atoms with Crippen molar-refractivity contribution in [1.82, 2.24) is 15.5 Å². The highest BCUT2D eigenvalue weighted by Gasteiger charge is 2.24. The molecule has 0 saturated carbocycles. The van der Waals surface area contributed by atoms with Crippen molar-refractivity contribution in [3.63, 3.8) is 0 Å². The third kappa shape index (κ3) is 5.33. The van der Waals surface area contributed by atoms with Gasteiger partial charge in [-0.25, -0.2) is 0 Å². The molecule has 2 atom stereocenters. The monoisotopic (exact) mass is 317 g/mol. The first-order chi connectivity index (χ1) is 11.1. The molecule has 4 heteroatoms. The van der Waals surface area contributed by atoms with E-state index in [0.717, 1.165) is 39.0 Å². The van der Waals surface area contributed by atoms with Crippen molar-refractivity contribution in [3.8, 4) is 0 Å². The van der Waals surface area contributed by atoms with Crippen LogP contribution in [0.3, 0.4) is 0 Å². The summed E-state index contributed by atoms with van der Waals surface area (Å²) in [6, 6.07) is 8.88. The zero-order valence-electron chi connectivity index (χ0n) is 14.8. The number of nitrogens with one attached hydrogen (secondary N) is 2. The van der Waals surface area contributed by atoms with E-state index in [2.05, 4.69) is 60.6 Å². The predicted molar refractivity (Wildman–Crippen MR) is 95.1 cm³/mol. The van der Waals surface area contributed by atoms with Gasteiger partial charge in [0, 0.05) is 25.0 Å². The molecule has 1 amide bonds. The number of benzene rings is 1. The Hall–Kier alpha value is -1.39. The molecule has 0 spiro atoms. The molecule has 0 unspecified atom stereocenters. The molecule has 1 aliphatic heterocycles. The number of carbonyl (C=O) groups is 1. The SMILES string of the molecule is CCN(CC)Cc1ccccc1CNC(=O)[C@H]1CCN[C@@H](C)C1. The molecule has 1 heterocycles. The normalized spacial score (nSPS) is 21.4. The van der Waals surface area contributed by atoms with Crippen LogP contribution in [0, 0.1) is 5.92 Å². The summed E-state index contributed by atoms with van der Waals surface area (Å²) in [7, 11) is 0. The Kier molecular flexibility index (Phi) is 7.06. The van der Waals surface area contributed by atoms with Crippen molar-refractivity contribution in [3.05, 3.63) is 35.4 Å². The van der Waals surface area contributed by atoms with Crippen LogP contribution in [0.25, 0.3) is 0 Å². The van der Waals surface area contributed by atoms with E-state index >= 15 is 0 Å². The fraction of sp³-hybridized carbons (Fsp3) is 0.632. The average molecular weight is 317 g/mol. The summed E-state index contributed by atoms with van der Waals surface area (Å²) in [6.07, 6.45) is 1.88. The Labute approximate surface area is 140 Å². The number of hydrogen-bond acceptors (Lipinski definition) is 3. The summed E-state index contributed by atoms with van der Waals surface area (Å²) in [5.41, 5.74) is 2.55. The molecule has 0 aliphatic carbocycles. The van der Waals surface area contributed by atoms with Crippen molar-refractivity contribution in [2.75, 3.05) is 19.6 Å². The lowest BCUT2D eigenvalue weighted by molar-refractivity contribution is -0.126. The van der Waals surface area contributed by atoms with Crippen LogP contribution in [0.4, 0.5) is 0 Å². The van der Waals surface area contributed by atoms with Gasteiger partial charge in [-0.15, -0.1) is 0 Å². The van der Waals surface area contributed by atoms with Crippen LogP contribution in [0.15, 0.2) is 24.3 Å². The fourth-order valence-electron chi connectivity index (χ4n) is 3.27. The second kappa shape index (κ2) is 9.04. The lowest BCUT2D eigenvalue weighted by Gasteiger charge is -2.27. The van der Waals surface area contributed by atoms with E-state index < -0.39 is 0 Å². The molecule has 0 aromatic heterocycles. The first-order valence-electron chi connectivity index (χ1n) is 8.94. The molecular formula is C19H31N3O. The predicted octanol–water partition coefficient (Wildman–Crippen LogP) is 2.53. The summed E-state index contributed by atoms with van der Waals surface area (Å²) >= 11 is 0. The van der Waals surface area contributed by atoms with Crippen molar-refractivity contribution < 1.29 is 4.79 Å². The van der Waals surface area contributed by atoms with E-state index in [0.29, 0.717) is 12.6 Å². The number of hydrogen-bond donors (Lipinski definition) is 2. The first-order valence-corrected chi connectivity index (χ1v) is 8.94. The first kappa shape index (κ1) is 18.0. The van der Waals surface area contributed by atoms with Crippen molar-refractivity contribution in [1.29, 1.82) is 0 Å². The molecule has 1 aliphatic rings. The maximum atomic E-state index is 12.4. The quantitative estimate of drug-likeness (QED) is 0.812. The number of carbonyl (C=O) groups excluding carboxylic acids is 1. The largest absolute Gasteiger partial charge is 0.352 e. The molecule has 1 aromatic rings. The van der Waals surface area contributed by atoms with E-state index in [-0.39, 0.29) is 11.8 Å². The van der Waals surface area contributed by atoms with Gasteiger partial charge >= 0.3 is 0 Å². The van der Waals surface area contributed by atoms with Gasteiger partial charge in [0.2, 0.25) is 5.91 Å². The Bertz CT molecular complexity index is 499. The highest BCUT2D eigenvalue weighted by atomic mass is 16.1. The molecule has 2 rings (SSSR count). The Morgan fingerprint density at radius 3 is 2.61 bits per heavy atom. The van der Waals surface area contributed by atoms with Gasteiger partial charge in [-0.3, -0.25) is 9.69 Å². The summed E-state index contributed by atoms with van der Waals surface area (Å²) in [5.74, 6) is 0.359. The van der Waals surface area contributed by atoms with Crippen LogP contribution in [-0.4, -0.2) is 36.5 Å². The summed E-state index contributed by atoms with van der Waals surface area (Å²) in [4.78, 5) is 14.8. The van der Waals surface area contributed by atoms with Crippen molar-refractivity contribution >= 4 is 5.91 Å². The summed E-state index contributed by atoms with van der Waals surface area (Å²) < 4.78 is 0. The van der Waals surface area contributed by atoms with Gasteiger partial charge in [-0.1, -0.05) is 38.1 Å². The topological polar surface area (TPSA) is 44.4 Å². The average Bonchev–Trinajstić information content (AvgIpc) is 2.58. The lowest BCUT2D eigenvalue weighted by Crippen LogP contribution is -2.42. The Balaban J connectivity index is 1.93. The molecular weight excluding hydrogens is 286 g/mol. The Morgan fingerprint density at radius 2 is 1.96 bits per heavy atom. The maximum Gasteiger partial charge on any atom is 0.223 e. The standard InChI is InChI=1S/C19H31N3O/c1-4-22(5-2)14-18-9-7-6-8-17(18)13-21-19(23)16-10-11-20-15(3)12-16/h6-9,15-16,20H,4-5,10-14H2,1-3H3,(H,21,23)/t15-,16-/m0/s1. The van der Waals surface area contributed by atoms with Crippen LogP contribution >= 0.6 is 0 Å². The van der Waals surface area contributed by atoms with Gasteiger partial charge in [0.1, 0.15) is 0 Å². The molecule has 0 bridgehead atoms. The smallest absolute Gasteiger partial charge is 0.223 e. The second-order valence-electron chi connectivity index (χ2n) is 6.52. The Morgan fingerprint density at radius 1 is 1.26 bits per heavy atom. The summed E-state index contributed by atoms with van der Waals surface area (Å²) in [6.45, 7) is 11.1. The highest BCUT2D eigenvalue weighted by Crippen LogP contribution is 2.17. The van der Waals surface area contributed by atoms with Crippen LogP contribution in [-0.2, 0) is 17.9 Å². The second-order valence-corrected chi connectivity index (χ2v) is 6.52. The summed E-state index contributed by atoms with van der Waals surface area (Å²) in [5, 5.41) is 6.55. The molecule has 1 aromatic carbocycles. The number of rotatable bonds is 7. The zero-order chi connectivity index (χ0) is 16.7. The molecule has 128 valence electrons. The molecule has 4 nitrogen and oxygen atoms in total. The van der Waals surface area contributed by atoms with E-state index in [4.69, 9.17) is 0 Å². The minimum atomic E-state index is 0.154. The van der Waals surface area contributed by atoms with E-state index in [9.17, 15) is 4.79 Å². The minimum absolute atomic E-state index is 0.154. The van der Waals surface area contributed by atoms with Gasteiger partial charge in [-0.2, -0.15) is 0 Å². The third-order valence-electron chi connectivity index (χ3n) is 4.85. The molecule has 2 N–H and O–H groups in total. The minimum Gasteiger partial charge on any atom is -0.352 e. The van der Waals surface area contributed by atoms with Crippen molar-refractivity contribution in [2.24, 2.45) is 5.92 Å². The van der Waals surface area contributed by atoms with Gasteiger partial charge in [0.25, 0.3) is 0 Å². The van der Waals surface area contributed by atoms with E-state index in [1.165, 1.54) is 11.1 Å². The molecule has 1 fully saturated rings. The molecule has 0 radical (unpaired) electrons. The third-order valence-corrected chi connectivity index (χ3v) is 4.85. The molecule has 23 heavy (non-hydrogen) atoms. The van der Waals surface area contributed by atoms with E-state index in [1.807, 2.05) is 0 Å². The van der Waals surface area contributed by atoms with Crippen LogP contribution in [0.2, 0.25) is 0 Å². The highest BCUT2D eigenvalue weighted by molar-refractivity contribution is 5.78. The van der Waals surface area contributed by atoms with Gasteiger partial charge in [-0.05, 0) is 50.5 Å². The van der Waals surface area contributed by atoms with Gasteiger partial charge in [0.05, 0.1) is 0 Å². The number of amides is 1. The van der Waals surface area contributed by atoms with Crippen molar-refractivity contribution in [2.45, 2.75) is 52.7 Å². The van der Waals surface area contributed by atoms with Crippen LogP contribution < -0.4 is 10.6 Å². The number of piperidine rings is 1. The van der Waals surface area contributed by atoms with Gasteiger partial charge < -0.3 is 10.6 Å². The van der Waals surface area contributed by atoms with Crippen LogP contribution in [0.5, 0.6) is 0 Å². The molecule has 1 saturated heterocycles. The van der Waals surface area contributed by atoms with E-state index in [1.54, 1.807) is 0 Å². The van der Waals surface area contributed by atoms with Crippen LogP contribution in [0.1, 0.15) is 44.7 Å². The maximum absolute atomic E-state index is 12.4. The lowest BCUT2D eigenvalue weighted by atomic mass is 9.92. The van der Waals surface area contributed by atoms with Gasteiger partial charge in [0.15, 0.2) is 0 Å². The number of nitrogens with zero attached hydrogens (tertiary/aromatic N) is 1. The zero-order valence-corrected chi connectivity index (χ0v) is 14.8. The fourth-order valence-corrected chi connectivity index (χ4v) is 3.27.